The van der Waals surface area contributed by atoms with Crippen LogP contribution in [0.25, 0.3) is 22.4 Å². The van der Waals surface area contributed by atoms with Crippen molar-refractivity contribution in [3.63, 3.8) is 0 Å². The molecule has 0 radical (unpaired) electrons. The van der Waals surface area contributed by atoms with Gasteiger partial charge in [-0.3, -0.25) is 9.69 Å². The van der Waals surface area contributed by atoms with Crippen LogP contribution in [-0.4, -0.2) is 56.8 Å². The van der Waals surface area contributed by atoms with Crippen LogP contribution < -0.4 is 5.73 Å². The van der Waals surface area contributed by atoms with Gasteiger partial charge in [0.25, 0.3) is 5.91 Å². The summed E-state index contributed by atoms with van der Waals surface area (Å²) in [6, 6.07) is 18.5. The highest BCUT2D eigenvalue weighted by atomic mass is 19.1. The lowest BCUT2D eigenvalue weighted by atomic mass is 9.96. The molecule has 1 fully saturated rings. The number of hydrogen-bond donors (Lipinski definition) is 1. The molecule has 1 aliphatic heterocycles. The average Bonchev–Trinajstić information content (AvgIpc) is 2.93. The number of carbonyl (C=O) groups excluding carboxylic acids is 1. The molecule has 37 heavy (non-hydrogen) atoms. The number of nitrogen functional groups attached to an aromatic ring is 1. The molecular formula is C29H29FN6O. The number of aromatic nitrogens is 3. The van der Waals surface area contributed by atoms with Crippen molar-refractivity contribution in [1.82, 2.24) is 24.8 Å². The van der Waals surface area contributed by atoms with Crippen molar-refractivity contribution >= 4 is 11.7 Å². The Balaban J connectivity index is 1.35. The summed E-state index contributed by atoms with van der Waals surface area (Å²) in [6.07, 6.45) is 3.82. The molecule has 1 aliphatic rings. The molecule has 0 spiro atoms. The van der Waals surface area contributed by atoms with Crippen LogP contribution in [0.1, 0.15) is 28.5 Å². The summed E-state index contributed by atoms with van der Waals surface area (Å²) >= 11 is 0. The number of hydrogen-bond acceptors (Lipinski definition) is 6. The number of nitrogens with two attached hydrogens (primary N) is 1. The molecule has 0 aliphatic carbocycles. The first-order chi connectivity index (χ1) is 18.0. The quantitative estimate of drug-likeness (QED) is 0.424. The van der Waals surface area contributed by atoms with E-state index in [-0.39, 0.29) is 11.5 Å². The first-order valence-electron chi connectivity index (χ1n) is 12.4. The molecule has 2 N–H and O–H groups in total. The van der Waals surface area contributed by atoms with E-state index in [2.05, 4.69) is 32.0 Å². The Labute approximate surface area is 215 Å². The smallest absolute Gasteiger partial charge is 0.256 e. The number of pyridine rings is 1. The largest absolute Gasteiger partial charge is 0.384 e. The molecule has 0 saturated carbocycles. The fourth-order valence-electron chi connectivity index (χ4n) is 4.72. The third-order valence-electron chi connectivity index (χ3n) is 6.72. The van der Waals surface area contributed by atoms with Crippen LogP contribution in [0, 0.1) is 5.82 Å². The fourth-order valence-corrected chi connectivity index (χ4v) is 4.72. The van der Waals surface area contributed by atoms with Gasteiger partial charge < -0.3 is 10.6 Å². The standard InChI is InChI=1S/C29H29FN6O/c1-2-25-27(22-9-11-26(31)32-17-22)28(34-19-33-25)21-8-10-23(24(30)16-21)29(37)36-14-12-35(13-15-36)18-20-6-4-3-5-7-20/h3-11,16-17,19H,2,12-15,18H2,1H3,(H2,31,32). The lowest BCUT2D eigenvalue weighted by molar-refractivity contribution is 0.0624. The van der Waals surface area contributed by atoms with E-state index in [0.717, 1.165) is 36.5 Å². The molecule has 8 heteroatoms. The number of amides is 1. The van der Waals surface area contributed by atoms with Gasteiger partial charge in [-0.15, -0.1) is 0 Å². The summed E-state index contributed by atoms with van der Waals surface area (Å²) in [5.74, 6) is -0.439. The summed E-state index contributed by atoms with van der Waals surface area (Å²) in [5, 5.41) is 0. The minimum absolute atomic E-state index is 0.0701. The molecule has 0 unspecified atom stereocenters. The first-order valence-corrected chi connectivity index (χ1v) is 12.4. The van der Waals surface area contributed by atoms with E-state index in [0.29, 0.717) is 36.6 Å². The fraction of sp³-hybridized carbons (Fsp3) is 0.241. The van der Waals surface area contributed by atoms with Crippen LogP contribution in [0.4, 0.5) is 10.2 Å². The van der Waals surface area contributed by atoms with Gasteiger partial charge in [0, 0.05) is 55.6 Å². The molecule has 0 atom stereocenters. The van der Waals surface area contributed by atoms with E-state index < -0.39 is 5.82 Å². The summed E-state index contributed by atoms with van der Waals surface area (Å²) in [7, 11) is 0. The van der Waals surface area contributed by atoms with E-state index in [1.165, 1.54) is 18.0 Å². The lowest BCUT2D eigenvalue weighted by Gasteiger charge is -2.34. The normalized spacial score (nSPS) is 14.1. The van der Waals surface area contributed by atoms with Crippen molar-refractivity contribution in [2.24, 2.45) is 0 Å². The van der Waals surface area contributed by atoms with Crippen LogP contribution in [0.5, 0.6) is 0 Å². The number of anilines is 1. The summed E-state index contributed by atoms with van der Waals surface area (Å²) < 4.78 is 15.3. The number of benzene rings is 2. The Morgan fingerprint density at radius 3 is 2.38 bits per heavy atom. The van der Waals surface area contributed by atoms with Gasteiger partial charge in [-0.05, 0) is 36.2 Å². The van der Waals surface area contributed by atoms with Gasteiger partial charge in [-0.1, -0.05) is 43.3 Å². The molecule has 2 aromatic heterocycles. The molecule has 0 bridgehead atoms. The minimum atomic E-state index is -0.563. The van der Waals surface area contributed by atoms with Gasteiger partial charge in [0.05, 0.1) is 17.0 Å². The predicted octanol–water partition coefficient (Wildman–Crippen LogP) is 4.45. The molecule has 7 nitrogen and oxygen atoms in total. The highest BCUT2D eigenvalue weighted by Crippen LogP contribution is 2.33. The van der Waals surface area contributed by atoms with Crippen molar-refractivity contribution in [3.8, 4) is 22.4 Å². The van der Waals surface area contributed by atoms with Gasteiger partial charge >= 0.3 is 0 Å². The van der Waals surface area contributed by atoms with Crippen molar-refractivity contribution in [1.29, 1.82) is 0 Å². The second-order valence-electron chi connectivity index (χ2n) is 9.12. The van der Waals surface area contributed by atoms with Gasteiger partial charge in [-0.25, -0.2) is 19.3 Å². The van der Waals surface area contributed by atoms with Crippen LogP contribution in [0.15, 0.2) is 73.2 Å². The highest BCUT2D eigenvalue weighted by Gasteiger charge is 2.25. The monoisotopic (exact) mass is 496 g/mol. The number of piperazine rings is 1. The summed E-state index contributed by atoms with van der Waals surface area (Å²) in [5.41, 5.74) is 10.6. The van der Waals surface area contributed by atoms with Crippen LogP contribution in [0.3, 0.4) is 0 Å². The topological polar surface area (TPSA) is 88.2 Å². The van der Waals surface area contributed by atoms with Crippen LogP contribution >= 0.6 is 0 Å². The SMILES string of the molecule is CCc1ncnc(-c2ccc(C(=O)N3CCN(Cc4ccccc4)CC3)c(F)c2)c1-c1ccc(N)nc1. The van der Waals surface area contributed by atoms with Crippen LogP contribution in [-0.2, 0) is 13.0 Å². The van der Waals surface area contributed by atoms with E-state index in [1.54, 1.807) is 29.3 Å². The van der Waals surface area contributed by atoms with E-state index in [4.69, 9.17) is 5.73 Å². The van der Waals surface area contributed by atoms with Gasteiger partial charge in [-0.2, -0.15) is 0 Å². The maximum absolute atomic E-state index is 15.3. The van der Waals surface area contributed by atoms with Crippen molar-refractivity contribution in [2.75, 3.05) is 31.9 Å². The molecule has 2 aromatic carbocycles. The number of carbonyl (C=O) groups is 1. The molecule has 1 amide bonds. The predicted molar refractivity (Wildman–Crippen MR) is 142 cm³/mol. The zero-order valence-electron chi connectivity index (χ0n) is 20.8. The highest BCUT2D eigenvalue weighted by molar-refractivity contribution is 5.95. The second kappa shape index (κ2) is 10.8. The van der Waals surface area contributed by atoms with E-state index in [1.807, 2.05) is 31.2 Å². The van der Waals surface area contributed by atoms with Crippen LogP contribution in [0.2, 0.25) is 0 Å². The second-order valence-corrected chi connectivity index (χ2v) is 9.12. The van der Waals surface area contributed by atoms with Crippen molar-refractivity contribution in [2.45, 2.75) is 19.9 Å². The maximum atomic E-state index is 15.3. The maximum Gasteiger partial charge on any atom is 0.256 e. The molecule has 5 rings (SSSR count). The molecular weight excluding hydrogens is 467 g/mol. The third-order valence-corrected chi connectivity index (χ3v) is 6.72. The van der Waals surface area contributed by atoms with Gasteiger partial charge in [0.15, 0.2) is 0 Å². The Kier molecular flexibility index (Phi) is 7.18. The van der Waals surface area contributed by atoms with E-state index >= 15 is 4.39 Å². The van der Waals surface area contributed by atoms with Gasteiger partial charge in [0.1, 0.15) is 18.0 Å². The lowest BCUT2D eigenvalue weighted by Crippen LogP contribution is -2.48. The van der Waals surface area contributed by atoms with Crippen molar-refractivity contribution in [3.05, 3.63) is 95.8 Å². The number of aryl methyl sites for hydroxylation is 1. The Morgan fingerprint density at radius 2 is 1.70 bits per heavy atom. The molecule has 3 heterocycles. The van der Waals surface area contributed by atoms with E-state index in [9.17, 15) is 4.79 Å². The number of nitrogens with zero attached hydrogens (tertiary/aromatic N) is 5. The average molecular weight is 497 g/mol. The summed E-state index contributed by atoms with van der Waals surface area (Å²) in [6.45, 7) is 5.47. The Hall–Kier alpha value is -4.17. The zero-order valence-corrected chi connectivity index (χ0v) is 20.8. The van der Waals surface area contributed by atoms with Crippen molar-refractivity contribution < 1.29 is 9.18 Å². The minimum Gasteiger partial charge on any atom is -0.384 e. The Bertz CT molecular complexity index is 1390. The molecule has 1 saturated heterocycles. The number of halogens is 1. The molecule has 4 aromatic rings. The Morgan fingerprint density at radius 1 is 0.946 bits per heavy atom. The summed E-state index contributed by atoms with van der Waals surface area (Å²) in [4.78, 5) is 30.3. The number of rotatable bonds is 6. The third kappa shape index (κ3) is 5.34. The zero-order chi connectivity index (χ0) is 25.8. The molecule has 188 valence electrons. The first kappa shape index (κ1) is 24.5. The van der Waals surface area contributed by atoms with Gasteiger partial charge in [0.2, 0.25) is 0 Å².